The minimum atomic E-state index is -0.521. The van der Waals surface area contributed by atoms with E-state index in [1.807, 2.05) is 0 Å². The zero-order valence-electron chi connectivity index (χ0n) is 5.68. The van der Waals surface area contributed by atoms with Crippen molar-refractivity contribution in [3.63, 3.8) is 0 Å². The molecular weight excluding hydrogens is 150 g/mol. The van der Waals surface area contributed by atoms with Gasteiger partial charge in [0.1, 0.15) is 17.7 Å². The zero-order valence-corrected chi connectivity index (χ0v) is 5.68. The second-order valence-corrected chi connectivity index (χ2v) is 2.46. The van der Waals surface area contributed by atoms with Crippen LogP contribution in [0.1, 0.15) is 11.7 Å². The van der Waals surface area contributed by atoms with Crippen molar-refractivity contribution < 1.29 is 13.5 Å². The van der Waals surface area contributed by atoms with Crippen molar-refractivity contribution in [2.45, 2.75) is 6.10 Å². The molecule has 1 fully saturated rings. The van der Waals surface area contributed by atoms with Gasteiger partial charge in [0.15, 0.2) is 0 Å². The van der Waals surface area contributed by atoms with Crippen molar-refractivity contribution in [2.24, 2.45) is 0 Å². The van der Waals surface area contributed by atoms with Gasteiger partial charge in [-0.3, -0.25) is 0 Å². The molecule has 0 N–H and O–H groups in total. The van der Waals surface area contributed by atoms with Gasteiger partial charge in [-0.1, -0.05) is 6.07 Å². The smallest absolute Gasteiger partial charge is 0.132 e. The van der Waals surface area contributed by atoms with Crippen molar-refractivity contribution in [1.29, 1.82) is 0 Å². The highest BCUT2D eigenvalue weighted by atomic mass is 19.1. The first kappa shape index (κ1) is 6.73. The Morgan fingerprint density at radius 2 is 1.82 bits per heavy atom. The van der Waals surface area contributed by atoms with Crippen molar-refractivity contribution in [1.82, 2.24) is 0 Å². The summed E-state index contributed by atoms with van der Waals surface area (Å²) in [7, 11) is 0. The number of hydrogen-bond acceptors (Lipinski definition) is 1. The average molecular weight is 156 g/mol. The van der Waals surface area contributed by atoms with Crippen molar-refractivity contribution in [3.05, 3.63) is 35.4 Å². The summed E-state index contributed by atoms with van der Waals surface area (Å²) in [6.07, 6.45) is -0.351. The van der Waals surface area contributed by atoms with Crippen molar-refractivity contribution >= 4 is 0 Å². The Morgan fingerprint density at radius 3 is 2.27 bits per heavy atom. The van der Waals surface area contributed by atoms with Gasteiger partial charge in [-0.2, -0.15) is 0 Å². The maximum atomic E-state index is 12.8. The number of rotatable bonds is 1. The number of epoxide rings is 1. The van der Waals surface area contributed by atoms with E-state index >= 15 is 0 Å². The molecule has 0 saturated carbocycles. The highest BCUT2D eigenvalue weighted by Crippen LogP contribution is 2.33. The predicted molar refractivity (Wildman–Crippen MR) is 35.1 cm³/mol. The summed E-state index contributed by atoms with van der Waals surface area (Å²) in [5.74, 6) is -1.04. The Bertz CT molecular complexity index is 261. The molecule has 2 rings (SSSR count). The summed E-state index contributed by atoms with van der Waals surface area (Å²) in [6, 6.07) is 3.82. The molecule has 11 heavy (non-hydrogen) atoms. The summed E-state index contributed by atoms with van der Waals surface area (Å²) in [4.78, 5) is 0. The highest BCUT2D eigenvalue weighted by Gasteiger charge is 2.30. The molecule has 0 aliphatic carbocycles. The third-order valence-corrected chi connectivity index (χ3v) is 1.66. The SMILES string of the molecule is Fc1cccc(F)c1[C@H]1CO1. The van der Waals surface area contributed by atoms with Gasteiger partial charge in [0.05, 0.1) is 12.2 Å². The van der Waals surface area contributed by atoms with Crippen LogP contribution < -0.4 is 0 Å². The molecule has 0 amide bonds. The maximum absolute atomic E-state index is 12.8. The van der Waals surface area contributed by atoms with E-state index in [0.29, 0.717) is 6.61 Å². The Labute approximate surface area is 62.6 Å². The van der Waals surface area contributed by atoms with E-state index < -0.39 is 11.6 Å². The van der Waals surface area contributed by atoms with Gasteiger partial charge in [0.2, 0.25) is 0 Å². The molecule has 1 aromatic carbocycles. The Kier molecular flexibility index (Phi) is 1.39. The Morgan fingerprint density at radius 1 is 1.27 bits per heavy atom. The normalized spacial score (nSPS) is 21.8. The fourth-order valence-corrected chi connectivity index (χ4v) is 1.03. The fraction of sp³-hybridized carbons (Fsp3) is 0.250. The number of ether oxygens (including phenoxy) is 1. The van der Waals surface area contributed by atoms with Gasteiger partial charge in [-0.15, -0.1) is 0 Å². The number of hydrogen-bond donors (Lipinski definition) is 0. The largest absolute Gasteiger partial charge is 0.368 e. The van der Waals surface area contributed by atoms with Crippen LogP contribution in [0.2, 0.25) is 0 Å². The van der Waals surface area contributed by atoms with E-state index in [1.54, 1.807) is 0 Å². The molecule has 3 heteroatoms. The molecule has 1 atom stereocenters. The van der Waals surface area contributed by atoms with Gasteiger partial charge in [-0.25, -0.2) is 8.78 Å². The highest BCUT2D eigenvalue weighted by molar-refractivity contribution is 5.24. The molecule has 1 aliphatic heterocycles. The lowest BCUT2D eigenvalue weighted by Gasteiger charge is -1.98. The summed E-state index contributed by atoms with van der Waals surface area (Å²) >= 11 is 0. The van der Waals surface area contributed by atoms with Crippen LogP contribution in [-0.2, 0) is 4.74 Å². The number of halogens is 2. The molecule has 0 bridgehead atoms. The van der Waals surface area contributed by atoms with E-state index in [0.717, 1.165) is 0 Å². The third-order valence-electron chi connectivity index (χ3n) is 1.66. The maximum Gasteiger partial charge on any atom is 0.132 e. The van der Waals surface area contributed by atoms with Gasteiger partial charge < -0.3 is 4.74 Å². The summed E-state index contributed by atoms with van der Waals surface area (Å²) in [6.45, 7) is 0.428. The van der Waals surface area contributed by atoms with E-state index in [4.69, 9.17) is 4.74 Å². The van der Waals surface area contributed by atoms with Crippen LogP contribution in [0.4, 0.5) is 8.78 Å². The molecule has 1 heterocycles. The van der Waals surface area contributed by atoms with Crippen LogP contribution in [0.3, 0.4) is 0 Å². The summed E-state index contributed by atoms with van der Waals surface area (Å²) in [5, 5.41) is 0. The molecule has 1 saturated heterocycles. The monoisotopic (exact) mass is 156 g/mol. The van der Waals surface area contributed by atoms with Gasteiger partial charge in [0.25, 0.3) is 0 Å². The van der Waals surface area contributed by atoms with E-state index in [-0.39, 0.29) is 11.7 Å². The lowest BCUT2D eigenvalue weighted by atomic mass is 10.1. The first-order valence-electron chi connectivity index (χ1n) is 3.34. The molecule has 1 aliphatic rings. The average Bonchev–Trinajstić information content (AvgIpc) is 2.70. The zero-order chi connectivity index (χ0) is 7.84. The quantitative estimate of drug-likeness (QED) is 0.567. The molecule has 0 radical (unpaired) electrons. The van der Waals surface area contributed by atoms with E-state index in [1.165, 1.54) is 18.2 Å². The minimum absolute atomic E-state index is 0.0625. The molecule has 1 aromatic rings. The summed E-state index contributed by atoms with van der Waals surface area (Å²) < 4.78 is 30.4. The Balaban J connectivity index is 2.48. The van der Waals surface area contributed by atoms with Crippen LogP contribution in [0, 0.1) is 11.6 Å². The molecule has 0 spiro atoms. The fourth-order valence-electron chi connectivity index (χ4n) is 1.03. The molecule has 0 aromatic heterocycles. The van der Waals surface area contributed by atoms with E-state index in [9.17, 15) is 8.78 Å². The third kappa shape index (κ3) is 1.12. The molecular formula is C8H6F2O. The second-order valence-electron chi connectivity index (χ2n) is 2.46. The summed E-state index contributed by atoms with van der Waals surface area (Å²) in [5.41, 5.74) is 0.0625. The first-order chi connectivity index (χ1) is 5.29. The lowest BCUT2D eigenvalue weighted by Crippen LogP contribution is -1.92. The van der Waals surface area contributed by atoms with Crippen LogP contribution in [-0.4, -0.2) is 6.61 Å². The predicted octanol–water partition coefficient (Wildman–Crippen LogP) is 2.04. The van der Waals surface area contributed by atoms with Crippen LogP contribution in [0.5, 0.6) is 0 Å². The van der Waals surface area contributed by atoms with E-state index in [2.05, 4.69) is 0 Å². The standard InChI is InChI=1S/C8H6F2O/c9-5-2-1-3-6(10)8(5)7-4-11-7/h1-3,7H,4H2/t7-/m1/s1. The Hall–Kier alpha value is -0.960. The van der Waals surface area contributed by atoms with Gasteiger partial charge in [-0.05, 0) is 12.1 Å². The minimum Gasteiger partial charge on any atom is -0.368 e. The van der Waals surface area contributed by atoms with Crippen LogP contribution >= 0.6 is 0 Å². The lowest BCUT2D eigenvalue weighted by molar-refractivity contribution is 0.398. The number of benzene rings is 1. The molecule has 0 unspecified atom stereocenters. The van der Waals surface area contributed by atoms with Gasteiger partial charge >= 0.3 is 0 Å². The van der Waals surface area contributed by atoms with Crippen molar-refractivity contribution in [3.8, 4) is 0 Å². The van der Waals surface area contributed by atoms with Crippen LogP contribution in [0.25, 0.3) is 0 Å². The topological polar surface area (TPSA) is 12.5 Å². The molecule has 58 valence electrons. The van der Waals surface area contributed by atoms with Crippen molar-refractivity contribution in [2.75, 3.05) is 6.61 Å². The van der Waals surface area contributed by atoms with Crippen LogP contribution in [0.15, 0.2) is 18.2 Å². The second kappa shape index (κ2) is 2.27. The molecule has 1 nitrogen and oxygen atoms in total. The first-order valence-corrected chi connectivity index (χ1v) is 3.34. The van der Waals surface area contributed by atoms with Gasteiger partial charge in [0, 0.05) is 0 Å².